The second kappa shape index (κ2) is 9.60. The number of aliphatic hydroxyl groups excluding tert-OH is 1. The fourth-order valence-electron chi connectivity index (χ4n) is 5.45. The molecule has 0 bridgehead atoms. The number of hydrogen-bond acceptors (Lipinski definition) is 8. The predicted octanol–water partition coefficient (Wildman–Crippen LogP) is 5.65. The van der Waals surface area contributed by atoms with Crippen molar-refractivity contribution in [3.63, 3.8) is 0 Å². The summed E-state index contributed by atoms with van der Waals surface area (Å²) < 4.78 is 11.5. The van der Waals surface area contributed by atoms with Crippen LogP contribution in [0.3, 0.4) is 0 Å². The molecule has 0 saturated carbocycles. The number of rotatable bonds is 4. The molecule has 4 aromatic rings. The highest BCUT2D eigenvalue weighted by molar-refractivity contribution is 7.22. The van der Waals surface area contributed by atoms with Crippen molar-refractivity contribution >= 4 is 50.1 Å². The van der Waals surface area contributed by atoms with Gasteiger partial charge in [0.2, 0.25) is 0 Å². The standard InChI is InChI=1S/C31H26N2O6S/c1-15-11-16(2)25-23(12-15)40-31(32-25)33-26(18-5-7-19(8-6-18)30(37)38-4)24(28(35)29(33)36)27(34)20-9-10-22-21(14-20)13-17(3)39-22/h5-12,14,17,26,34H,13H2,1-4H3/b27-24+. The summed E-state index contributed by atoms with van der Waals surface area (Å²) in [4.78, 5) is 45.4. The number of Topliss-reactive ketones (excluding diaryl/α,β-unsaturated/α-hetero) is 1. The van der Waals surface area contributed by atoms with E-state index in [2.05, 4.69) is 0 Å². The summed E-state index contributed by atoms with van der Waals surface area (Å²) in [7, 11) is 1.30. The van der Waals surface area contributed by atoms with E-state index in [1.54, 1.807) is 42.5 Å². The first-order valence-electron chi connectivity index (χ1n) is 12.8. The first-order valence-corrected chi connectivity index (χ1v) is 13.6. The zero-order valence-electron chi connectivity index (χ0n) is 22.3. The number of carbonyl (C=O) groups excluding carboxylic acids is 3. The van der Waals surface area contributed by atoms with Gasteiger partial charge in [-0.1, -0.05) is 29.5 Å². The maximum atomic E-state index is 13.6. The Morgan fingerprint density at radius 3 is 2.52 bits per heavy atom. The lowest BCUT2D eigenvalue weighted by atomic mass is 9.94. The molecule has 1 fully saturated rings. The van der Waals surface area contributed by atoms with Gasteiger partial charge in [-0.05, 0) is 79.4 Å². The van der Waals surface area contributed by atoms with Gasteiger partial charge in [0.15, 0.2) is 5.13 Å². The van der Waals surface area contributed by atoms with Crippen LogP contribution in [0.25, 0.3) is 16.0 Å². The zero-order chi connectivity index (χ0) is 28.3. The van der Waals surface area contributed by atoms with Gasteiger partial charge in [0.1, 0.15) is 17.6 Å². The lowest BCUT2D eigenvalue weighted by Crippen LogP contribution is -2.29. The number of thiazole rings is 1. The Bertz CT molecular complexity index is 1750. The number of fused-ring (bicyclic) bond motifs is 2. The number of aliphatic hydroxyl groups is 1. The molecule has 1 N–H and O–H groups in total. The number of aryl methyl sites for hydroxylation is 2. The molecule has 1 saturated heterocycles. The molecule has 9 heteroatoms. The third-order valence-corrected chi connectivity index (χ3v) is 8.29. The number of benzene rings is 3. The van der Waals surface area contributed by atoms with E-state index < -0.39 is 23.7 Å². The van der Waals surface area contributed by atoms with E-state index in [1.165, 1.54) is 23.3 Å². The minimum Gasteiger partial charge on any atom is -0.507 e. The van der Waals surface area contributed by atoms with E-state index in [0.29, 0.717) is 28.2 Å². The molecule has 2 unspecified atom stereocenters. The minimum absolute atomic E-state index is 0.0115. The number of ether oxygens (including phenoxy) is 2. The van der Waals surface area contributed by atoms with Gasteiger partial charge >= 0.3 is 11.9 Å². The predicted molar refractivity (Wildman–Crippen MR) is 152 cm³/mol. The quantitative estimate of drug-likeness (QED) is 0.150. The molecule has 1 aromatic heterocycles. The number of hydrogen-bond donors (Lipinski definition) is 1. The van der Waals surface area contributed by atoms with Crippen molar-refractivity contribution in [1.82, 2.24) is 4.98 Å². The fraction of sp³-hybridized carbons (Fsp3) is 0.226. The molecular formula is C31H26N2O6S. The second-order valence-corrected chi connectivity index (χ2v) is 11.2. The van der Waals surface area contributed by atoms with E-state index in [-0.39, 0.29) is 17.4 Å². The normalized spacial score (nSPS) is 19.6. The van der Waals surface area contributed by atoms with Gasteiger partial charge in [0.05, 0.1) is 34.5 Å². The zero-order valence-corrected chi connectivity index (χ0v) is 23.2. The molecule has 0 spiro atoms. The molecule has 3 aromatic carbocycles. The molecule has 6 rings (SSSR count). The van der Waals surface area contributed by atoms with Crippen LogP contribution in [-0.2, 0) is 20.7 Å². The van der Waals surface area contributed by atoms with Gasteiger partial charge in [-0.25, -0.2) is 9.78 Å². The molecule has 202 valence electrons. The number of methoxy groups -OCH3 is 1. The first kappa shape index (κ1) is 25.8. The highest BCUT2D eigenvalue weighted by atomic mass is 32.1. The van der Waals surface area contributed by atoms with E-state index in [9.17, 15) is 19.5 Å². The number of amides is 1. The number of anilines is 1. The molecule has 0 radical (unpaired) electrons. The maximum absolute atomic E-state index is 13.6. The van der Waals surface area contributed by atoms with E-state index in [1.807, 2.05) is 32.9 Å². The molecule has 2 aliphatic rings. The van der Waals surface area contributed by atoms with Crippen molar-refractivity contribution in [3.8, 4) is 5.75 Å². The number of aromatic nitrogens is 1. The molecule has 3 heterocycles. The average molecular weight is 555 g/mol. The van der Waals surface area contributed by atoms with Crippen LogP contribution >= 0.6 is 11.3 Å². The first-order chi connectivity index (χ1) is 19.2. The van der Waals surface area contributed by atoms with Crippen LogP contribution < -0.4 is 9.64 Å². The van der Waals surface area contributed by atoms with Crippen LogP contribution in [-0.4, -0.2) is 41.0 Å². The smallest absolute Gasteiger partial charge is 0.337 e. The van der Waals surface area contributed by atoms with E-state index in [4.69, 9.17) is 14.5 Å². The van der Waals surface area contributed by atoms with E-state index >= 15 is 0 Å². The lowest BCUT2D eigenvalue weighted by Gasteiger charge is -2.23. The largest absolute Gasteiger partial charge is 0.507 e. The highest BCUT2D eigenvalue weighted by Gasteiger charge is 2.48. The summed E-state index contributed by atoms with van der Waals surface area (Å²) in [6.45, 7) is 5.90. The lowest BCUT2D eigenvalue weighted by molar-refractivity contribution is -0.132. The number of esters is 1. The van der Waals surface area contributed by atoms with Crippen molar-refractivity contribution in [2.45, 2.75) is 39.3 Å². The molecule has 40 heavy (non-hydrogen) atoms. The van der Waals surface area contributed by atoms with Gasteiger partial charge in [0.25, 0.3) is 5.78 Å². The molecule has 0 aliphatic carbocycles. The Labute approximate surface area is 234 Å². The van der Waals surface area contributed by atoms with Crippen molar-refractivity contribution in [1.29, 1.82) is 0 Å². The molecule has 8 nitrogen and oxygen atoms in total. The third-order valence-electron chi connectivity index (χ3n) is 7.29. The maximum Gasteiger partial charge on any atom is 0.337 e. The third kappa shape index (κ3) is 4.14. The van der Waals surface area contributed by atoms with Crippen LogP contribution in [0.5, 0.6) is 5.75 Å². The van der Waals surface area contributed by atoms with Gasteiger partial charge < -0.3 is 14.6 Å². The van der Waals surface area contributed by atoms with Crippen molar-refractivity contribution in [2.24, 2.45) is 0 Å². The Morgan fingerprint density at radius 2 is 1.80 bits per heavy atom. The van der Waals surface area contributed by atoms with Crippen molar-refractivity contribution in [3.05, 3.63) is 93.6 Å². The van der Waals surface area contributed by atoms with Crippen molar-refractivity contribution in [2.75, 3.05) is 12.0 Å². The molecule has 1 amide bonds. The Morgan fingerprint density at radius 1 is 1.07 bits per heavy atom. The summed E-state index contributed by atoms with van der Waals surface area (Å²) in [5, 5.41) is 11.9. The van der Waals surface area contributed by atoms with Gasteiger partial charge in [-0.2, -0.15) is 0 Å². The summed E-state index contributed by atoms with van der Waals surface area (Å²) in [5.41, 5.74) is 4.92. The fourth-order valence-corrected chi connectivity index (χ4v) is 6.62. The summed E-state index contributed by atoms with van der Waals surface area (Å²) in [5.74, 6) is -1.64. The monoisotopic (exact) mass is 554 g/mol. The summed E-state index contributed by atoms with van der Waals surface area (Å²) >= 11 is 1.31. The second-order valence-electron chi connectivity index (χ2n) is 10.2. The van der Waals surface area contributed by atoms with E-state index in [0.717, 1.165) is 32.7 Å². The summed E-state index contributed by atoms with van der Waals surface area (Å²) in [6.07, 6.45) is 0.686. The Hall–Kier alpha value is -4.50. The van der Waals surface area contributed by atoms with Crippen LogP contribution in [0.15, 0.2) is 60.2 Å². The number of carbonyl (C=O) groups is 3. The highest BCUT2D eigenvalue weighted by Crippen LogP contribution is 2.45. The SMILES string of the molecule is COC(=O)c1ccc(C2/C(=C(\O)c3ccc4c(c3)CC(C)O4)C(=O)C(=O)N2c2nc3c(C)cc(C)cc3s2)cc1. The van der Waals surface area contributed by atoms with Gasteiger partial charge in [0, 0.05) is 12.0 Å². The van der Waals surface area contributed by atoms with Crippen LogP contribution in [0.4, 0.5) is 5.13 Å². The van der Waals surface area contributed by atoms with Gasteiger partial charge in [-0.15, -0.1) is 0 Å². The minimum atomic E-state index is -0.961. The molecule has 2 atom stereocenters. The molecule has 2 aliphatic heterocycles. The van der Waals surface area contributed by atoms with Gasteiger partial charge in [-0.3, -0.25) is 14.5 Å². The number of nitrogens with zero attached hydrogens (tertiary/aromatic N) is 2. The molecular weight excluding hydrogens is 528 g/mol. The average Bonchev–Trinajstić information content (AvgIpc) is 3.60. The Balaban J connectivity index is 1.53. The summed E-state index contributed by atoms with van der Waals surface area (Å²) in [6, 6.07) is 14.7. The van der Waals surface area contributed by atoms with Crippen LogP contribution in [0.1, 0.15) is 51.1 Å². The Kier molecular flexibility index (Phi) is 6.18. The topological polar surface area (TPSA) is 106 Å². The number of ketones is 1. The van der Waals surface area contributed by atoms with Crippen LogP contribution in [0, 0.1) is 13.8 Å². The van der Waals surface area contributed by atoms with Crippen LogP contribution in [0.2, 0.25) is 0 Å². The van der Waals surface area contributed by atoms with Crippen molar-refractivity contribution < 1.29 is 29.0 Å².